The summed E-state index contributed by atoms with van der Waals surface area (Å²) in [4.78, 5) is 20.8. The quantitative estimate of drug-likeness (QED) is 0.0716. The van der Waals surface area contributed by atoms with Gasteiger partial charge in [0.2, 0.25) is 5.04 Å². The first-order chi connectivity index (χ1) is 29.2. The number of thiophene rings is 3. The number of unbranched alkanes of at least 4 members (excludes halogenated alkanes) is 4. The minimum absolute atomic E-state index is 0.108. The van der Waals surface area contributed by atoms with E-state index in [1.807, 2.05) is 35.2 Å². The van der Waals surface area contributed by atoms with Crippen molar-refractivity contribution in [3.8, 4) is 9.75 Å². The molecule has 1 aliphatic carbocycles. The SMILES string of the molecule is CCCCC(CC)CN(CC(CC)CCCC)c1ccc(-c2ccc(C3=C([O-])/C(=c4\cc/c(=C5/C=CC(=[N+](CC(CC)CCCC)CC(CC)CCCC)S5)s4)C3=O)s2)s1. The zero-order chi connectivity index (χ0) is 43.0. The van der Waals surface area contributed by atoms with Gasteiger partial charge in [0.15, 0.2) is 5.78 Å². The first kappa shape index (κ1) is 48.6. The maximum atomic E-state index is 13.8. The first-order valence-corrected chi connectivity index (χ1v) is 27.2. The molecule has 3 aromatic heterocycles. The van der Waals surface area contributed by atoms with Crippen LogP contribution in [0.15, 0.2) is 54.3 Å². The average molecular weight is 889 g/mol. The number of anilines is 1. The Labute approximate surface area is 380 Å². The maximum absolute atomic E-state index is 13.8. The summed E-state index contributed by atoms with van der Waals surface area (Å²) in [5.74, 6) is 2.60. The van der Waals surface area contributed by atoms with Crippen molar-refractivity contribution in [2.75, 3.05) is 31.1 Å². The summed E-state index contributed by atoms with van der Waals surface area (Å²) in [6.45, 7) is 23.0. The Bertz CT molecular complexity index is 1990. The predicted molar refractivity (Wildman–Crippen MR) is 267 cm³/mol. The summed E-state index contributed by atoms with van der Waals surface area (Å²) in [5.41, 5.74) is 0.711. The van der Waals surface area contributed by atoms with Crippen molar-refractivity contribution < 1.29 is 14.5 Å². The van der Waals surface area contributed by atoms with Crippen LogP contribution in [-0.2, 0) is 4.79 Å². The smallest absolute Gasteiger partial charge is 0.239 e. The Morgan fingerprint density at radius 1 is 0.567 bits per heavy atom. The van der Waals surface area contributed by atoms with E-state index in [2.05, 4.69) is 101 Å². The molecule has 4 unspecified atom stereocenters. The topological polar surface area (TPSA) is 46.4 Å². The van der Waals surface area contributed by atoms with E-state index in [1.54, 1.807) is 22.7 Å². The van der Waals surface area contributed by atoms with Gasteiger partial charge in [0.1, 0.15) is 13.1 Å². The summed E-state index contributed by atoms with van der Waals surface area (Å²) in [7, 11) is 0. The van der Waals surface area contributed by atoms with Crippen LogP contribution in [0.1, 0.15) is 163 Å². The summed E-state index contributed by atoms with van der Waals surface area (Å²) in [6, 6.07) is 12.8. The van der Waals surface area contributed by atoms with Gasteiger partial charge < -0.3 is 10.0 Å². The van der Waals surface area contributed by atoms with E-state index in [4.69, 9.17) is 0 Å². The van der Waals surface area contributed by atoms with Crippen LogP contribution in [0.3, 0.4) is 0 Å². The number of hydrogen-bond donors (Lipinski definition) is 0. The lowest BCUT2D eigenvalue weighted by molar-refractivity contribution is -0.539. The van der Waals surface area contributed by atoms with E-state index in [1.165, 1.54) is 123 Å². The molecule has 0 spiro atoms. The van der Waals surface area contributed by atoms with Crippen molar-refractivity contribution in [1.82, 2.24) is 0 Å². The number of nitrogens with zero attached hydrogens (tertiary/aromatic N) is 2. The minimum atomic E-state index is -0.108. The van der Waals surface area contributed by atoms with Crippen molar-refractivity contribution in [3.05, 3.63) is 68.3 Å². The summed E-state index contributed by atoms with van der Waals surface area (Å²) >= 11 is 6.90. The highest BCUT2D eigenvalue weighted by Gasteiger charge is 2.31. The number of thioether (sulfide) groups is 1. The van der Waals surface area contributed by atoms with E-state index in [0.717, 1.165) is 45.0 Å². The molecule has 0 radical (unpaired) electrons. The molecular weight excluding hydrogens is 813 g/mol. The molecule has 4 heterocycles. The van der Waals surface area contributed by atoms with Crippen molar-refractivity contribution >= 4 is 77.7 Å². The molecule has 5 rings (SSSR count). The van der Waals surface area contributed by atoms with Gasteiger partial charge in [0, 0.05) is 70.7 Å². The van der Waals surface area contributed by atoms with Gasteiger partial charge in [0.05, 0.1) is 5.00 Å². The second-order valence-corrected chi connectivity index (χ2v) is 21.8. The molecule has 4 atom stereocenters. The fraction of sp³-hybridized carbons (Fsp3) is 0.615. The molecular formula is C52H76N2O2S4. The Morgan fingerprint density at radius 2 is 1.07 bits per heavy atom. The van der Waals surface area contributed by atoms with E-state index in [-0.39, 0.29) is 11.5 Å². The molecule has 330 valence electrons. The predicted octanol–water partition coefficient (Wildman–Crippen LogP) is 13.5. The highest BCUT2D eigenvalue weighted by Crippen LogP contribution is 2.43. The summed E-state index contributed by atoms with van der Waals surface area (Å²) in [5, 5.41) is 16.5. The molecule has 60 heavy (non-hydrogen) atoms. The molecule has 3 aromatic rings. The van der Waals surface area contributed by atoms with Gasteiger partial charge in [-0.3, -0.25) is 4.79 Å². The third kappa shape index (κ3) is 12.8. The fourth-order valence-electron chi connectivity index (χ4n) is 8.74. The van der Waals surface area contributed by atoms with Gasteiger partial charge >= 0.3 is 0 Å². The zero-order valence-electron chi connectivity index (χ0n) is 38.4. The highest BCUT2D eigenvalue weighted by atomic mass is 32.2. The van der Waals surface area contributed by atoms with Gasteiger partial charge in [-0.2, -0.15) is 0 Å². The van der Waals surface area contributed by atoms with Crippen LogP contribution in [0.5, 0.6) is 0 Å². The Hall–Kier alpha value is -2.39. The molecule has 1 aliphatic heterocycles. The van der Waals surface area contributed by atoms with Gasteiger partial charge in [-0.15, -0.1) is 34.0 Å². The molecule has 0 aromatic carbocycles. The van der Waals surface area contributed by atoms with Crippen LogP contribution in [-0.4, -0.2) is 41.6 Å². The van der Waals surface area contributed by atoms with Gasteiger partial charge in [0.25, 0.3) is 0 Å². The molecule has 0 fully saturated rings. The van der Waals surface area contributed by atoms with Crippen molar-refractivity contribution in [2.24, 2.45) is 23.7 Å². The Balaban J connectivity index is 1.37. The third-order valence-electron chi connectivity index (χ3n) is 13.0. The molecule has 0 amide bonds. The second-order valence-electron chi connectivity index (χ2n) is 17.5. The van der Waals surface area contributed by atoms with Crippen LogP contribution in [0, 0.1) is 23.7 Å². The molecule has 4 nitrogen and oxygen atoms in total. The van der Waals surface area contributed by atoms with E-state index < -0.39 is 0 Å². The zero-order valence-corrected chi connectivity index (χ0v) is 41.7. The van der Waals surface area contributed by atoms with Crippen LogP contribution < -0.4 is 19.1 Å². The lowest BCUT2D eigenvalue weighted by atomic mass is 9.87. The fourth-order valence-corrected chi connectivity index (χ4v) is 13.1. The molecule has 0 bridgehead atoms. The Morgan fingerprint density at radius 3 is 1.60 bits per heavy atom. The van der Waals surface area contributed by atoms with Gasteiger partial charge in [-0.25, -0.2) is 4.58 Å². The normalized spacial score (nSPS) is 18.0. The molecule has 0 saturated heterocycles. The lowest BCUT2D eigenvalue weighted by Gasteiger charge is -2.31. The summed E-state index contributed by atoms with van der Waals surface area (Å²) in [6.07, 6.45) is 24.8. The first-order valence-electron chi connectivity index (χ1n) is 24.0. The monoisotopic (exact) mass is 888 g/mol. The van der Waals surface area contributed by atoms with Crippen LogP contribution >= 0.6 is 45.8 Å². The van der Waals surface area contributed by atoms with E-state index in [9.17, 15) is 9.90 Å². The maximum Gasteiger partial charge on any atom is 0.239 e. The van der Waals surface area contributed by atoms with Crippen LogP contribution in [0.4, 0.5) is 5.00 Å². The minimum Gasteiger partial charge on any atom is -0.871 e. The van der Waals surface area contributed by atoms with Crippen molar-refractivity contribution in [2.45, 2.75) is 158 Å². The van der Waals surface area contributed by atoms with E-state index in [0.29, 0.717) is 34.8 Å². The van der Waals surface area contributed by atoms with Crippen molar-refractivity contribution in [1.29, 1.82) is 0 Å². The molecule has 2 aliphatic rings. The van der Waals surface area contributed by atoms with Crippen LogP contribution in [0.25, 0.3) is 25.8 Å². The number of carbonyl (C=O) groups excluding carboxylic acids is 1. The number of rotatable bonds is 27. The third-order valence-corrected chi connectivity index (χ3v) is 17.9. The standard InChI is InChI=1S/C52H76N2O2S4/c1-9-17-21-37(13-5)33-53(34-38(14-6)22-18-10-2)47-31-29-43(59-47)41-25-27-45(57-41)49-51(55)50(52(49)56)46-28-26-42(58-46)44-30-32-48(60-44)54(35-39(15-7)23-19-11-3)36-40(16-8)24-20-12-4/h25-32,37-40H,9-24,33-36H2,1-8H3. The number of Topliss-reactive ketones (excluding diaryl/α,β-unsaturated/α-hetero) is 1. The lowest BCUT2D eigenvalue weighted by Crippen LogP contribution is -2.33. The van der Waals surface area contributed by atoms with E-state index >= 15 is 0 Å². The Kier molecular flexibility index (Phi) is 20.3. The molecule has 8 heteroatoms. The van der Waals surface area contributed by atoms with Gasteiger partial charge in [-0.1, -0.05) is 125 Å². The summed E-state index contributed by atoms with van der Waals surface area (Å²) < 4.78 is 4.60. The average Bonchev–Trinajstić information content (AvgIpc) is 4.11. The number of allylic oxidation sites excluding steroid dienone is 2. The second kappa shape index (κ2) is 25.0. The largest absolute Gasteiger partial charge is 0.871 e. The number of carbonyl (C=O) groups is 1. The van der Waals surface area contributed by atoms with Crippen molar-refractivity contribution in [3.63, 3.8) is 0 Å². The van der Waals surface area contributed by atoms with Gasteiger partial charge in [-0.05, 0) is 105 Å². The van der Waals surface area contributed by atoms with Crippen LogP contribution in [0.2, 0.25) is 0 Å². The number of ketones is 1. The highest BCUT2D eigenvalue weighted by molar-refractivity contribution is 8.22. The molecule has 0 N–H and O–H groups in total. The number of hydrogen-bond acceptors (Lipinski definition) is 7. The molecule has 0 saturated carbocycles.